The minimum Gasteiger partial charge on any atom is -0.367 e. The van der Waals surface area contributed by atoms with Gasteiger partial charge in [-0.3, -0.25) is 9.59 Å². The molecule has 5 nitrogen and oxygen atoms in total. The fraction of sp³-hybridized carbons (Fsp3) is 0.533. The standard InChI is InChI=1S/C15H14N2O3S/c1-14-5-6-15(2,20-14)11-10(14)12(18)17(13(11)19)9-4-3-8(7-16)21-9/h3-4,10-11H,5-6H2,1-2H3. The first-order chi connectivity index (χ1) is 9.89. The number of imide groups is 1. The maximum absolute atomic E-state index is 12.8. The first-order valence-electron chi connectivity index (χ1n) is 6.97. The molecule has 108 valence electrons. The number of fused-ring (bicyclic) bond motifs is 5. The number of hydrogen-bond donors (Lipinski definition) is 0. The average molecular weight is 302 g/mol. The molecule has 21 heavy (non-hydrogen) atoms. The molecule has 0 saturated carbocycles. The largest absolute Gasteiger partial charge is 0.367 e. The lowest BCUT2D eigenvalue weighted by molar-refractivity contribution is -0.129. The maximum atomic E-state index is 12.8. The SMILES string of the molecule is CC12CCC(C)(O1)C1C(=O)N(c3ccc(C#N)s3)C(=O)C12. The van der Waals surface area contributed by atoms with Crippen molar-refractivity contribution < 1.29 is 14.3 Å². The highest BCUT2D eigenvalue weighted by atomic mass is 32.1. The third kappa shape index (κ3) is 1.43. The van der Waals surface area contributed by atoms with Crippen LogP contribution in [0, 0.1) is 23.2 Å². The van der Waals surface area contributed by atoms with Gasteiger partial charge in [0.1, 0.15) is 15.9 Å². The van der Waals surface area contributed by atoms with Crippen molar-refractivity contribution in [2.75, 3.05) is 4.90 Å². The summed E-state index contributed by atoms with van der Waals surface area (Å²) >= 11 is 1.18. The second kappa shape index (κ2) is 3.73. The van der Waals surface area contributed by atoms with Crippen LogP contribution in [0.15, 0.2) is 12.1 Å². The molecule has 4 atom stereocenters. The van der Waals surface area contributed by atoms with E-state index in [9.17, 15) is 9.59 Å². The summed E-state index contributed by atoms with van der Waals surface area (Å²) in [6.45, 7) is 3.87. The van der Waals surface area contributed by atoms with Gasteiger partial charge in [-0.2, -0.15) is 5.26 Å². The maximum Gasteiger partial charge on any atom is 0.241 e. The minimum absolute atomic E-state index is 0.178. The van der Waals surface area contributed by atoms with E-state index in [1.54, 1.807) is 12.1 Å². The number of amides is 2. The number of hydrogen-bond acceptors (Lipinski definition) is 5. The molecule has 1 aromatic heterocycles. The van der Waals surface area contributed by atoms with Crippen molar-refractivity contribution in [2.24, 2.45) is 11.8 Å². The predicted octanol–water partition coefficient (Wildman–Crippen LogP) is 2.07. The third-order valence-corrected chi connectivity index (χ3v) is 6.10. The molecule has 4 rings (SSSR count). The zero-order valence-electron chi connectivity index (χ0n) is 11.8. The van der Waals surface area contributed by atoms with E-state index >= 15 is 0 Å². The van der Waals surface area contributed by atoms with Crippen LogP contribution in [0.3, 0.4) is 0 Å². The Morgan fingerprint density at radius 3 is 2.29 bits per heavy atom. The van der Waals surface area contributed by atoms with Gasteiger partial charge in [-0.05, 0) is 38.8 Å². The molecule has 3 aliphatic rings. The second-order valence-corrected chi connectivity index (χ2v) is 7.51. The van der Waals surface area contributed by atoms with Crippen LogP contribution in [-0.2, 0) is 14.3 Å². The summed E-state index contributed by atoms with van der Waals surface area (Å²) in [5.74, 6) is -1.14. The summed E-state index contributed by atoms with van der Waals surface area (Å²) in [7, 11) is 0. The van der Waals surface area contributed by atoms with Crippen molar-refractivity contribution in [3.8, 4) is 6.07 Å². The van der Waals surface area contributed by atoms with Crippen LogP contribution in [0.25, 0.3) is 0 Å². The minimum atomic E-state index is -0.532. The van der Waals surface area contributed by atoms with Gasteiger partial charge in [0.25, 0.3) is 0 Å². The summed E-state index contributed by atoms with van der Waals surface area (Å²) in [6, 6.07) is 5.36. The lowest BCUT2D eigenvalue weighted by Crippen LogP contribution is -2.40. The Labute approximate surface area is 126 Å². The molecular weight excluding hydrogens is 288 g/mol. The number of nitrogens with zero attached hydrogens (tertiary/aromatic N) is 2. The number of anilines is 1. The predicted molar refractivity (Wildman–Crippen MR) is 75.6 cm³/mol. The van der Waals surface area contributed by atoms with Gasteiger partial charge < -0.3 is 4.74 Å². The van der Waals surface area contributed by atoms with E-state index in [4.69, 9.17) is 10.00 Å². The van der Waals surface area contributed by atoms with Gasteiger partial charge in [0.15, 0.2) is 0 Å². The van der Waals surface area contributed by atoms with Crippen molar-refractivity contribution in [1.82, 2.24) is 0 Å². The Morgan fingerprint density at radius 1 is 1.24 bits per heavy atom. The molecule has 3 aliphatic heterocycles. The van der Waals surface area contributed by atoms with Crippen LogP contribution in [0.5, 0.6) is 0 Å². The Morgan fingerprint density at radius 2 is 1.81 bits per heavy atom. The number of rotatable bonds is 1. The van der Waals surface area contributed by atoms with Gasteiger partial charge in [-0.15, -0.1) is 11.3 Å². The monoisotopic (exact) mass is 302 g/mol. The van der Waals surface area contributed by atoms with Crippen LogP contribution in [-0.4, -0.2) is 23.0 Å². The lowest BCUT2D eigenvalue weighted by atomic mass is 9.69. The van der Waals surface area contributed by atoms with Crippen molar-refractivity contribution >= 4 is 28.2 Å². The van der Waals surface area contributed by atoms with E-state index in [-0.39, 0.29) is 11.8 Å². The highest BCUT2D eigenvalue weighted by molar-refractivity contribution is 7.17. The summed E-state index contributed by atoms with van der Waals surface area (Å²) in [5, 5.41) is 9.46. The Bertz CT molecular complexity index is 687. The summed E-state index contributed by atoms with van der Waals surface area (Å²) in [4.78, 5) is 27.3. The van der Waals surface area contributed by atoms with Crippen molar-refractivity contribution in [3.05, 3.63) is 17.0 Å². The molecule has 0 aromatic carbocycles. The molecule has 0 radical (unpaired) electrons. The molecule has 2 amide bonds. The van der Waals surface area contributed by atoms with E-state index in [1.165, 1.54) is 16.2 Å². The van der Waals surface area contributed by atoms with Gasteiger partial charge in [-0.1, -0.05) is 0 Å². The van der Waals surface area contributed by atoms with Crippen LogP contribution in [0.1, 0.15) is 31.6 Å². The van der Waals surface area contributed by atoms with Gasteiger partial charge >= 0.3 is 0 Å². The molecule has 0 aliphatic carbocycles. The first kappa shape index (κ1) is 13.0. The quantitative estimate of drug-likeness (QED) is 0.745. The van der Waals surface area contributed by atoms with Crippen LogP contribution < -0.4 is 4.90 Å². The number of thiophene rings is 1. The molecule has 1 aromatic rings. The van der Waals surface area contributed by atoms with Gasteiger partial charge in [-0.25, -0.2) is 4.90 Å². The highest BCUT2D eigenvalue weighted by Gasteiger charge is 2.72. The fourth-order valence-corrected chi connectivity index (χ4v) is 5.01. The third-order valence-electron chi connectivity index (χ3n) is 5.13. The lowest BCUT2D eigenvalue weighted by Gasteiger charge is -2.27. The summed E-state index contributed by atoms with van der Waals surface area (Å²) < 4.78 is 6.05. The number of ether oxygens (including phenoxy) is 1. The Kier molecular flexibility index (Phi) is 2.31. The van der Waals surface area contributed by atoms with Crippen LogP contribution >= 0.6 is 11.3 Å². The van der Waals surface area contributed by atoms with Crippen LogP contribution in [0.4, 0.5) is 5.00 Å². The Balaban J connectivity index is 1.79. The summed E-state index contributed by atoms with van der Waals surface area (Å²) in [5.41, 5.74) is -1.06. The molecule has 2 bridgehead atoms. The van der Waals surface area contributed by atoms with Crippen molar-refractivity contribution in [3.63, 3.8) is 0 Å². The van der Waals surface area contributed by atoms with E-state index in [0.29, 0.717) is 9.88 Å². The second-order valence-electron chi connectivity index (χ2n) is 6.44. The number of nitriles is 1. The molecule has 4 heterocycles. The molecule has 0 N–H and O–H groups in total. The first-order valence-corrected chi connectivity index (χ1v) is 7.79. The molecule has 4 unspecified atom stereocenters. The van der Waals surface area contributed by atoms with Crippen LogP contribution in [0.2, 0.25) is 0 Å². The molecule has 6 heteroatoms. The molecular formula is C15H14N2O3S. The van der Waals surface area contributed by atoms with E-state index in [1.807, 2.05) is 19.9 Å². The van der Waals surface area contributed by atoms with E-state index in [2.05, 4.69) is 0 Å². The normalized spacial score (nSPS) is 40.7. The highest BCUT2D eigenvalue weighted by Crippen LogP contribution is 2.61. The van der Waals surface area contributed by atoms with Gasteiger partial charge in [0, 0.05) is 0 Å². The van der Waals surface area contributed by atoms with Gasteiger partial charge in [0.2, 0.25) is 11.8 Å². The van der Waals surface area contributed by atoms with E-state index in [0.717, 1.165) is 12.8 Å². The average Bonchev–Trinajstić information content (AvgIpc) is 3.11. The zero-order valence-corrected chi connectivity index (χ0v) is 12.6. The molecule has 3 saturated heterocycles. The zero-order chi connectivity index (χ0) is 15.0. The van der Waals surface area contributed by atoms with Crippen molar-refractivity contribution in [1.29, 1.82) is 5.26 Å². The van der Waals surface area contributed by atoms with Crippen molar-refractivity contribution in [2.45, 2.75) is 37.9 Å². The number of carbonyl (C=O) groups excluding carboxylic acids is 2. The Hall–Kier alpha value is -1.71. The number of carbonyl (C=O) groups is 2. The van der Waals surface area contributed by atoms with Gasteiger partial charge in [0.05, 0.1) is 23.0 Å². The van der Waals surface area contributed by atoms with E-state index < -0.39 is 23.0 Å². The summed E-state index contributed by atoms with van der Waals surface area (Å²) in [6.07, 6.45) is 1.62. The topological polar surface area (TPSA) is 70.4 Å². The molecule has 0 spiro atoms. The fourth-order valence-electron chi connectivity index (χ4n) is 4.19. The smallest absolute Gasteiger partial charge is 0.241 e. The molecule has 3 fully saturated rings.